The monoisotopic (exact) mass is 405 g/mol. The van der Waals surface area contributed by atoms with E-state index in [9.17, 15) is 14.4 Å². The number of amides is 3. The van der Waals surface area contributed by atoms with Gasteiger partial charge in [0.15, 0.2) is 11.5 Å². The van der Waals surface area contributed by atoms with Crippen molar-refractivity contribution in [1.29, 1.82) is 0 Å². The quantitative estimate of drug-likeness (QED) is 0.618. The van der Waals surface area contributed by atoms with Gasteiger partial charge in [0.25, 0.3) is 5.91 Å². The first-order valence-corrected chi connectivity index (χ1v) is 10.2. The molecule has 1 atom stereocenters. The molecule has 0 bridgehead atoms. The van der Waals surface area contributed by atoms with Crippen molar-refractivity contribution in [3.8, 4) is 11.5 Å². The second-order valence-corrected chi connectivity index (χ2v) is 6.90. The molecule has 160 valence electrons. The van der Waals surface area contributed by atoms with Crippen LogP contribution >= 0.6 is 0 Å². The van der Waals surface area contributed by atoms with Gasteiger partial charge in [-0.3, -0.25) is 14.4 Å². The molecule has 1 aliphatic heterocycles. The first-order valence-electron chi connectivity index (χ1n) is 10.2. The normalized spacial score (nSPS) is 15.7. The van der Waals surface area contributed by atoms with Crippen molar-refractivity contribution in [3.63, 3.8) is 0 Å². The summed E-state index contributed by atoms with van der Waals surface area (Å²) in [5, 5.41) is 5.22. The number of likely N-dealkylation sites (tertiary alicyclic amines) is 1. The molecule has 3 amide bonds. The molecule has 0 aromatic heterocycles. The summed E-state index contributed by atoms with van der Waals surface area (Å²) < 4.78 is 11.4. The fourth-order valence-corrected chi connectivity index (χ4v) is 3.17. The Bertz CT molecular complexity index is 722. The van der Waals surface area contributed by atoms with Crippen molar-refractivity contribution in [1.82, 2.24) is 15.5 Å². The number of carbonyl (C=O) groups is 3. The number of nitrogens with zero attached hydrogens (tertiary/aromatic N) is 1. The fraction of sp³-hybridized carbons (Fsp3) is 0.571. The minimum Gasteiger partial charge on any atom is -0.490 e. The van der Waals surface area contributed by atoms with Crippen molar-refractivity contribution < 1.29 is 23.9 Å². The van der Waals surface area contributed by atoms with E-state index >= 15 is 0 Å². The Morgan fingerprint density at radius 3 is 2.45 bits per heavy atom. The Kier molecular flexibility index (Phi) is 8.76. The van der Waals surface area contributed by atoms with E-state index in [1.54, 1.807) is 25.2 Å². The highest BCUT2D eigenvalue weighted by molar-refractivity contribution is 5.97. The largest absolute Gasteiger partial charge is 0.490 e. The van der Waals surface area contributed by atoms with Crippen LogP contribution in [0.5, 0.6) is 11.5 Å². The first-order chi connectivity index (χ1) is 14.0. The average molecular weight is 405 g/mol. The van der Waals surface area contributed by atoms with Gasteiger partial charge in [0, 0.05) is 19.2 Å². The summed E-state index contributed by atoms with van der Waals surface area (Å²) >= 11 is 0. The third-order valence-corrected chi connectivity index (χ3v) is 4.65. The van der Waals surface area contributed by atoms with Gasteiger partial charge in [0.05, 0.1) is 19.8 Å². The number of likely N-dealkylation sites (N-methyl/N-ethyl adjacent to an activating group) is 1. The molecular weight excluding hydrogens is 374 g/mol. The first kappa shape index (κ1) is 22.5. The van der Waals surface area contributed by atoms with Gasteiger partial charge in [-0.1, -0.05) is 13.8 Å². The molecule has 1 aliphatic rings. The third kappa shape index (κ3) is 6.10. The van der Waals surface area contributed by atoms with Gasteiger partial charge in [0.1, 0.15) is 6.04 Å². The zero-order chi connectivity index (χ0) is 21.2. The Labute approximate surface area is 171 Å². The van der Waals surface area contributed by atoms with Gasteiger partial charge >= 0.3 is 0 Å². The van der Waals surface area contributed by atoms with Crippen LogP contribution in [0.15, 0.2) is 18.2 Å². The molecule has 0 radical (unpaired) electrons. The highest BCUT2D eigenvalue weighted by atomic mass is 16.5. The Morgan fingerprint density at radius 2 is 1.79 bits per heavy atom. The number of hydrogen-bond acceptors (Lipinski definition) is 5. The van der Waals surface area contributed by atoms with E-state index in [1.165, 1.54) is 4.90 Å². The van der Waals surface area contributed by atoms with Crippen LogP contribution in [-0.2, 0) is 9.59 Å². The number of benzene rings is 1. The molecule has 1 saturated heterocycles. The number of hydrogen-bond donors (Lipinski definition) is 2. The maximum Gasteiger partial charge on any atom is 0.251 e. The minimum atomic E-state index is -0.464. The van der Waals surface area contributed by atoms with E-state index in [0.717, 1.165) is 19.3 Å². The molecule has 8 heteroatoms. The van der Waals surface area contributed by atoms with E-state index in [2.05, 4.69) is 10.6 Å². The molecule has 1 heterocycles. The van der Waals surface area contributed by atoms with Crippen LogP contribution in [-0.4, -0.2) is 62.0 Å². The number of rotatable bonds is 10. The molecule has 8 nitrogen and oxygen atoms in total. The Morgan fingerprint density at radius 1 is 1.10 bits per heavy atom. The predicted molar refractivity (Wildman–Crippen MR) is 109 cm³/mol. The summed E-state index contributed by atoms with van der Waals surface area (Å²) in [5.41, 5.74) is 0.386. The molecular formula is C21H31N3O5. The zero-order valence-corrected chi connectivity index (χ0v) is 17.5. The van der Waals surface area contributed by atoms with Crippen LogP contribution in [0.1, 0.15) is 49.9 Å². The van der Waals surface area contributed by atoms with Crippen molar-refractivity contribution in [3.05, 3.63) is 23.8 Å². The van der Waals surface area contributed by atoms with E-state index < -0.39 is 6.04 Å². The maximum absolute atomic E-state index is 12.5. The molecule has 2 N–H and O–H groups in total. The molecule has 29 heavy (non-hydrogen) atoms. The average Bonchev–Trinajstić information content (AvgIpc) is 3.24. The summed E-state index contributed by atoms with van der Waals surface area (Å²) in [5.74, 6) is 0.284. The Hall–Kier alpha value is -2.77. The van der Waals surface area contributed by atoms with Crippen LogP contribution in [0.4, 0.5) is 0 Å². The van der Waals surface area contributed by atoms with Crippen LogP contribution in [0.25, 0.3) is 0 Å². The SMILES string of the molecule is CCCOc1ccc(C(=O)NCC(=O)N2CCCC2C(=O)NC)cc1OCCC. The van der Waals surface area contributed by atoms with Crippen LogP contribution < -0.4 is 20.1 Å². The lowest BCUT2D eigenvalue weighted by Gasteiger charge is -2.23. The maximum atomic E-state index is 12.5. The van der Waals surface area contributed by atoms with E-state index in [1.807, 2.05) is 13.8 Å². The van der Waals surface area contributed by atoms with Gasteiger partial charge in [0.2, 0.25) is 11.8 Å². The minimum absolute atomic E-state index is 0.161. The van der Waals surface area contributed by atoms with Crippen LogP contribution in [0.3, 0.4) is 0 Å². The van der Waals surface area contributed by atoms with Crippen LogP contribution in [0.2, 0.25) is 0 Å². The molecule has 0 saturated carbocycles. The molecule has 0 aliphatic carbocycles. The topological polar surface area (TPSA) is 97.0 Å². The number of carbonyl (C=O) groups excluding carboxylic acids is 3. The standard InChI is InChI=1S/C21H31N3O5/c1-4-11-28-17-9-8-15(13-18(17)29-12-5-2)20(26)23-14-19(25)24-10-6-7-16(24)21(27)22-3/h8-9,13,16H,4-7,10-12,14H2,1-3H3,(H,22,27)(H,23,26). The third-order valence-electron chi connectivity index (χ3n) is 4.65. The van der Waals surface area contributed by atoms with Crippen molar-refractivity contribution in [2.24, 2.45) is 0 Å². The van der Waals surface area contributed by atoms with Crippen LogP contribution in [0, 0.1) is 0 Å². The second-order valence-electron chi connectivity index (χ2n) is 6.90. The molecule has 1 unspecified atom stereocenters. The van der Waals surface area contributed by atoms with Gasteiger partial charge in [-0.25, -0.2) is 0 Å². The summed E-state index contributed by atoms with van der Waals surface area (Å²) in [7, 11) is 1.55. The zero-order valence-electron chi connectivity index (χ0n) is 17.5. The molecule has 2 rings (SSSR count). The van der Waals surface area contributed by atoms with Crippen molar-refractivity contribution >= 4 is 17.7 Å². The van der Waals surface area contributed by atoms with Crippen molar-refractivity contribution in [2.45, 2.75) is 45.6 Å². The summed E-state index contributed by atoms with van der Waals surface area (Å²) in [6, 6.07) is 4.52. The van der Waals surface area contributed by atoms with Gasteiger partial charge in [-0.2, -0.15) is 0 Å². The van der Waals surface area contributed by atoms with E-state index in [-0.39, 0.29) is 24.3 Å². The van der Waals surface area contributed by atoms with E-state index in [4.69, 9.17) is 9.47 Å². The van der Waals surface area contributed by atoms with E-state index in [0.29, 0.717) is 43.2 Å². The van der Waals surface area contributed by atoms with Gasteiger partial charge < -0.3 is 25.0 Å². The Balaban J connectivity index is 2.00. The fourth-order valence-electron chi connectivity index (χ4n) is 3.17. The lowest BCUT2D eigenvalue weighted by Crippen LogP contribution is -2.48. The smallest absolute Gasteiger partial charge is 0.251 e. The van der Waals surface area contributed by atoms with Gasteiger partial charge in [-0.05, 0) is 43.9 Å². The number of ether oxygens (including phenoxy) is 2. The lowest BCUT2D eigenvalue weighted by atomic mass is 10.2. The summed E-state index contributed by atoms with van der Waals surface area (Å²) in [4.78, 5) is 38.4. The lowest BCUT2D eigenvalue weighted by molar-refractivity contribution is -0.137. The molecule has 1 aromatic rings. The molecule has 1 aromatic carbocycles. The molecule has 0 spiro atoms. The number of nitrogens with one attached hydrogen (secondary N) is 2. The molecule has 1 fully saturated rings. The van der Waals surface area contributed by atoms with Gasteiger partial charge in [-0.15, -0.1) is 0 Å². The highest BCUT2D eigenvalue weighted by Crippen LogP contribution is 2.29. The summed E-state index contributed by atoms with van der Waals surface area (Å²) in [6.07, 6.45) is 3.11. The highest BCUT2D eigenvalue weighted by Gasteiger charge is 2.33. The predicted octanol–water partition coefficient (Wildman–Crippen LogP) is 1.73. The summed E-state index contributed by atoms with van der Waals surface area (Å²) in [6.45, 7) is 5.45. The van der Waals surface area contributed by atoms with Crippen molar-refractivity contribution in [2.75, 3.05) is 33.4 Å². The second kappa shape index (κ2) is 11.3.